The Kier molecular flexibility index (Phi) is 2.28. The number of piperidine rings is 1. The van der Waals surface area contributed by atoms with E-state index in [-0.39, 0.29) is 23.9 Å². The van der Waals surface area contributed by atoms with Crippen LogP contribution >= 0.6 is 0 Å². The second-order valence-electron chi connectivity index (χ2n) is 6.89. The van der Waals surface area contributed by atoms with E-state index >= 15 is 0 Å². The molecule has 1 saturated heterocycles. The van der Waals surface area contributed by atoms with Gasteiger partial charge in [0.2, 0.25) is 0 Å². The van der Waals surface area contributed by atoms with Crippen molar-refractivity contribution in [2.45, 2.75) is 30.4 Å². The van der Waals surface area contributed by atoms with E-state index in [1.54, 1.807) is 6.07 Å². The second kappa shape index (κ2) is 3.94. The minimum Gasteiger partial charge on any atom is -0.504 e. The van der Waals surface area contributed by atoms with Gasteiger partial charge in [0.1, 0.15) is 6.10 Å². The van der Waals surface area contributed by atoms with Crippen molar-refractivity contribution in [2.24, 2.45) is 0 Å². The third-order valence-corrected chi connectivity index (χ3v) is 6.03. The van der Waals surface area contributed by atoms with E-state index in [4.69, 9.17) is 4.74 Å². The molecule has 3 atom stereocenters. The Morgan fingerprint density at radius 1 is 1.36 bits per heavy atom. The monoisotopic (exact) mass is 297 g/mol. The maximum atomic E-state index is 10.3. The van der Waals surface area contributed by atoms with Crippen molar-refractivity contribution in [1.29, 1.82) is 0 Å². The van der Waals surface area contributed by atoms with Crippen LogP contribution in [0.5, 0.6) is 11.5 Å². The van der Waals surface area contributed by atoms with Gasteiger partial charge in [0.05, 0.1) is 12.0 Å². The number of rotatable bonds is 1. The van der Waals surface area contributed by atoms with Gasteiger partial charge in [0.15, 0.2) is 11.5 Å². The molecule has 2 bridgehead atoms. The van der Waals surface area contributed by atoms with E-state index in [1.165, 1.54) is 16.7 Å². The molecular weight excluding hydrogens is 278 g/mol. The van der Waals surface area contributed by atoms with E-state index < -0.39 is 0 Å². The average molecular weight is 297 g/mol. The molecule has 1 spiro atoms. The Labute approximate surface area is 129 Å². The van der Waals surface area contributed by atoms with Gasteiger partial charge in [-0.1, -0.05) is 18.2 Å². The first-order valence-corrected chi connectivity index (χ1v) is 7.91. The summed E-state index contributed by atoms with van der Waals surface area (Å²) in [6.45, 7) is 1.01. The van der Waals surface area contributed by atoms with E-state index in [1.807, 2.05) is 12.1 Å². The minimum atomic E-state index is -0.189. The Balaban J connectivity index is 1.86. The predicted octanol–water partition coefficient (Wildman–Crippen LogP) is 1.51. The maximum absolute atomic E-state index is 10.3. The molecule has 1 fully saturated rings. The van der Waals surface area contributed by atoms with Crippen molar-refractivity contribution < 1.29 is 14.9 Å². The van der Waals surface area contributed by atoms with Crippen molar-refractivity contribution in [2.75, 3.05) is 20.2 Å². The lowest BCUT2D eigenvalue weighted by Gasteiger charge is -2.53. The summed E-state index contributed by atoms with van der Waals surface area (Å²) < 4.78 is 6.21. The standard InChI is InChI=1S/C18H19NO3/c1-19-7-6-18-12-4-2-11(9-20)17(18)22-16-14(21)5-3-10(15(16)18)8-13(12)19/h2-5,13,17,20-21H,6-9H2,1H3/t13-,17+,18+/m1/s1. The first kappa shape index (κ1) is 12.7. The Bertz CT molecular complexity index is 751. The number of hydrogen-bond donors (Lipinski definition) is 2. The maximum Gasteiger partial charge on any atom is 0.166 e. The normalized spacial score (nSPS) is 34.6. The SMILES string of the molecule is CN1CC[C@@]23C4=CC=C(CO)[C@@H]2Oc2c(O)ccc(c23)C[C@H]41. The largest absolute Gasteiger partial charge is 0.504 e. The van der Waals surface area contributed by atoms with Gasteiger partial charge in [0, 0.05) is 11.6 Å². The van der Waals surface area contributed by atoms with Crippen LogP contribution < -0.4 is 4.74 Å². The number of aliphatic hydroxyl groups is 1. The fourth-order valence-corrected chi connectivity index (χ4v) is 5.03. The molecule has 1 aromatic carbocycles. The van der Waals surface area contributed by atoms with Crippen LogP contribution in [0.3, 0.4) is 0 Å². The molecule has 5 rings (SSSR count). The Morgan fingerprint density at radius 3 is 3.05 bits per heavy atom. The summed E-state index contributed by atoms with van der Waals surface area (Å²) in [6, 6.07) is 4.18. The van der Waals surface area contributed by atoms with Crippen LogP contribution in [-0.4, -0.2) is 47.5 Å². The van der Waals surface area contributed by atoms with Crippen LogP contribution in [0.2, 0.25) is 0 Å². The average Bonchev–Trinajstić information content (AvgIpc) is 2.88. The molecule has 2 heterocycles. The van der Waals surface area contributed by atoms with E-state index in [0.29, 0.717) is 11.8 Å². The molecule has 0 saturated carbocycles. The molecule has 0 radical (unpaired) electrons. The molecule has 1 aromatic rings. The second-order valence-corrected chi connectivity index (χ2v) is 6.89. The van der Waals surface area contributed by atoms with E-state index in [0.717, 1.165) is 25.0 Å². The fourth-order valence-electron chi connectivity index (χ4n) is 5.03. The predicted molar refractivity (Wildman–Crippen MR) is 82.2 cm³/mol. The van der Waals surface area contributed by atoms with Crippen LogP contribution in [0.25, 0.3) is 0 Å². The third kappa shape index (κ3) is 1.23. The topological polar surface area (TPSA) is 52.9 Å². The number of likely N-dealkylation sites (N-methyl/N-ethyl adjacent to an activating group) is 1. The smallest absolute Gasteiger partial charge is 0.166 e. The number of hydrogen-bond acceptors (Lipinski definition) is 4. The Hall–Kier alpha value is -1.78. The lowest BCUT2D eigenvalue weighted by molar-refractivity contribution is 0.104. The summed E-state index contributed by atoms with van der Waals surface area (Å²) in [7, 11) is 2.18. The zero-order valence-corrected chi connectivity index (χ0v) is 12.5. The zero-order chi connectivity index (χ0) is 15.1. The van der Waals surface area contributed by atoms with Gasteiger partial charge >= 0.3 is 0 Å². The molecule has 0 aromatic heterocycles. The van der Waals surface area contributed by atoms with Crippen molar-refractivity contribution in [3.05, 3.63) is 46.6 Å². The first-order valence-electron chi connectivity index (χ1n) is 7.91. The molecule has 4 aliphatic rings. The van der Waals surface area contributed by atoms with Crippen LogP contribution in [0.4, 0.5) is 0 Å². The summed E-state index contributed by atoms with van der Waals surface area (Å²) in [5.74, 6) is 0.856. The number of nitrogens with zero attached hydrogens (tertiary/aromatic N) is 1. The quantitative estimate of drug-likeness (QED) is 0.825. The third-order valence-electron chi connectivity index (χ3n) is 6.03. The number of ether oxygens (including phenoxy) is 1. The van der Waals surface area contributed by atoms with Crippen LogP contribution in [0, 0.1) is 0 Å². The fraction of sp³-hybridized carbons (Fsp3) is 0.444. The van der Waals surface area contributed by atoms with Gasteiger partial charge in [0.25, 0.3) is 0 Å². The Morgan fingerprint density at radius 2 is 2.23 bits per heavy atom. The molecule has 114 valence electrons. The van der Waals surface area contributed by atoms with Crippen molar-refractivity contribution in [3.8, 4) is 11.5 Å². The lowest BCUT2D eigenvalue weighted by atomic mass is 9.56. The van der Waals surface area contributed by atoms with E-state index in [9.17, 15) is 10.2 Å². The number of phenols is 1. The molecule has 22 heavy (non-hydrogen) atoms. The minimum absolute atomic E-state index is 0.000780. The molecule has 2 aliphatic heterocycles. The molecule has 2 N–H and O–H groups in total. The highest BCUT2D eigenvalue weighted by molar-refractivity contribution is 5.67. The van der Waals surface area contributed by atoms with Gasteiger partial charge in [-0.2, -0.15) is 0 Å². The van der Waals surface area contributed by atoms with Gasteiger partial charge in [-0.05, 0) is 49.2 Å². The van der Waals surface area contributed by atoms with Crippen molar-refractivity contribution in [1.82, 2.24) is 4.90 Å². The van der Waals surface area contributed by atoms with Gasteiger partial charge < -0.3 is 14.9 Å². The summed E-state index contributed by atoms with van der Waals surface area (Å²) in [6.07, 6.45) is 5.96. The van der Waals surface area contributed by atoms with Crippen LogP contribution in [0.1, 0.15) is 17.5 Å². The van der Waals surface area contributed by atoms with Crippen molar-refractivity contribution in [3.63, 3.8) is 0 Å². The molecular formula is C18H19NO3. The molecule has 0 amide bonds. The summed E-state index contributed by atoms with van der Waals surface area (Å²) in [5.41, 5.74) is 4.57. The number of allylic oxidation sites excluding steroid dienone is 2. The summed E-state index contributed by atoms with van der Waals surface area (Å²) in [5, 5.41) is 20.0. The molecule has 4 nitrogen and oxygen atoms in total. The summed E-state index contributed by atoms with van der Waals surface area (Å²) in [4.78, 5) is 2.42. The highest BCUT2D eigenvalue weighted by Crippen LogP contribution is 2.62. The van der Waals surface area contributed by atoms with Crippen LogP contribution in [0.15, 0.2) is 35.4 Å². The highest BCUT2D eigenvalue weighted by atomic mass is 16.5. The van der Waals surface area contributed by atoms with Gasteiger partial charge in [-0.25, -0.2) is 0 Å². The lowest BCUT2D eigenvalue weighted by Crippen LogP contribution is -2.58. The molecule has 4 heteroatoms. The van der Waals surface area contributed by atoms with E-state index in [2.05, 4.69) is 18.0 Å². The zero-order valence-electron chi connectivity index (χ0n) is 12.5. The van der Waals surface area contributed by atoms with Gasteiger partial charge in [-0.3, -0.25) is 4.90 Å². The summed E-state index contributed by atoms with van der Waals surface area (Å²) >= 11 is 0. The number of likely N-dealkylation sites (tertiary alicyclic amines) is 1. The number of aromatic hydroxyl groups is 1. The molecule has 2 aliphatic carbocycles. The number of benzene rings is 1. The number of phenolic OH excluding ortho intramolecular Hbond substituents is 1. The first-order chi connectivity index (χ1) is 10.7. The van der Waals surface area contributed by atoms with Crippen molar-refractivity contribution >= 4 is 0 Å². The molecule has 0 unspecified atom stereocenters. The van der Waals surface area contributed by atoms with Crippen LogP contribution in [-0.2, 0) is 11.8 Å². The van der Waals surface area contributed by atoms with Gasteiger partial charge in [-0.15, -0.1) is 0 Å². The number of aliphatic hydroxyl groups excluding tert-OH is 1. The highest BCUT2D eigenvalue weighted by Gasteiger charge is 2.61.